The molecule has 2 aromatic rings. The molecule has 0 atom stereocenters. The standard InChI is InChI=1S/C14H18N2OS/c1-10-4-5-13(6-11(10)2)17-8-14-16-12(7-15-3)9-18-14/h4-6,9,15H,7-8H2,1-3H3. The van der Waals surface area contributed by atoms with E-state index in [1.807, 2.05) is 13.1 Å². The van der Waals surface area contributed by atoms with Crippen molar-refractivity contribution < 1.29 is 4.74 Å². The molecular weight excluding hydrogens is 244 g/mol. The number of aryl methyl sites for hydroxylation is 2. The fraction of sp³-hybridized carbons (Fsp3) is 0.357. The van der Waals surface area contributed by atoms with Crippen LogP contribution in [-0.2, 0) is 13.2 Å². The Morgan fingerprint density at radius 2 is 2.11 bits per heavy atom. The van der Waals surface area contributed by atoms with Gasteiger partial charge in [-0.05, 0) is 44.2 Å². The number of aromatic nitrogens is 1. The maximum absolute atomic E-state index is 5.75. The lowest BCUT2D eigenvalue weighted by atomic mass is 10.1. The van der Waals surface area contributed by atoms with Crippen LogP contribution in [0.2, 0.25) is 0 Å². The number of rotatable bonds is 5. The third-order valence-corrected chi connectivity index (χ3v) is 3.67. The van der Waals surface area contributed by atoms with Crippen molar-refractivity contribution in [2.75, 3.05) is 7.05 Å². The smallest absolute Gasteiger partial charge is 0.140 e. The highest BCUT2D eigenvalue weighted by atomic mass is 32.1. The van der Waals surface area contributed by atoms with E-state index in [1.54, 1.807) is 11.3 Å². The molecule has 0 unspecified atom stereocenters. The van der Waals surface area contributed by atoms with E-state index < -0.39 is 0 Å². The van der Waals surface area contributed by atoms with Gasteiger partial charge in [-0.1, -0.05) is 6.07 Å². The molecule has 3 nitrogen and oxygen atoms in total. The first-order valence-electron chi connectivity index (χ1n) is 5.97. The summed E-state index contributed by atoms with van der Waals surface area (Å²) in [5, 5.41) is 6.17. The summed E-state index contributed by atoms with van der Waals surface area (Å²) in [6.07, 6.45) is 0. The zero-order valence-electron chi connectivity index (χ0n) is 11.0. The molecule has 96 valence electrons. The highest BCUT2D eigenvalue weighted by molar-refractivity contribution is 7.09. The zero-order valence-corrected chi connectivity index (χ0v) is 11.8. The molecule has 0 spiro atoms. The summed E-state index contributed by atoms with van der Waals surface area (Å²) in [5.41, 5.74) is 3.61. The van der Waals surface area contributed by atoms with Gasteiger partial charge in [-0.2, -0.15) is 0 Å². The van der Waals surface area contributed by atoms with E-state index in [-0.39, 0.29) is 0 Å². The molecule has 0 amide bonds. The molecule has 0 aliphatic heterocycles. The van der Waals surface area contributed by atoms with Gasteiger partial charge >= 0.3 is 0 Å². The van der Waals surface area contributed by atoms with Crippen LogP contribution in [0.3, 0.4) is 0 Å². The second kappa shape index (κ2) is 5.98. The van der Waals surface area contributed by atoms with E-state index in [9.17, 15) is 0 Å². The van der Waals surface area contributed by atoms with Crippen molar-refractivity contribution in [3.05, 3.63) is 45.4 Å². The van der Waals surface area contributed by atoms with Gasteiger partial charge in [0.1, 0.15) is 17.4 Å². The Kier molecular flexibility index (Phi) is 4.33. The van der Waals surface area contributed by atoms with Crippen LogP contribution in [0.4, 0.5) is 0 Å². The van der Waals surface area contributed by atoms with Gasteiger partial charge in [-0.25, -0.2) is 4.98 Å². The minimum atomic E-state index is 0.539. The molecule has 2 rings (SSSR count). The number of hydrogen-bond acceptors (Lipinski definition) is 4. The van der Waals surface area contributed by atoms with Crippen LogP contribution >= 0.6 is 11.3 Å². The Labute approximate surface area is 112 Å². The number of nitrogens with one attached hydrogen (secondary N) is 1. The van der Waals surface area contributed by atoms with E-state index in [2.05, 4.69) is 41.7 Å². The van der Waals surface area contributed by atoms with Gasteiger partial charge in [0.05, 0.1) is 5.69 Å². The molecule has 1 heterocycles. The van der Waals surface area contributed by atoms with Gasteiger partial charge in [0.2, 0.25) is 0 Å². The van der Waals surface area contributed by atoms with Gasteiger partial charge in [0.25, 0.3) is 0 Å². The summed E-state index contributed by atoms with van der Waals surface area (Å²) in [6.45, 7) is 5.54. The minimum absolute atomic E-state index is 0.539. The summed E-state index contributed by atoms with van der Waals surface area (Å²) in [6, 6.07) is 6.15. The number of ether oxygens (including phenoxy) is 1. The lowest BCUT2D eigenvalue weighted by Crippen LogP contribution is -2.05. The van der Waals surface area contributed by atoms with Crippen molar-refractivity contribution >= 4 is 11.3 Å². The molecule has 0 aliphatic rings. The van der Waals surface area contributed by atoms with Crippen LogP contribution in [-0.4, -0.2) is 12.0 Å². The maximum Gasteiger partial charge on any atom is 0.140 e. The van der Waals surface area contributed by atoms with Crippen LogP contribution in [0.1, 0.15) is 21.8 Å². The summed E-state index contributed by atoms with van der Waals surface area (Å²) >= 11 is 1.64. The first kappa shape index (κ1) is 13.1. The molecule has 0 saturated heterocycles. The molecule has 0 bridgehead atoms. The molecule has 1 N–H and O–H groups in total. The van der Waals surface area contributed by atoms with E-state index in [0.717, 1.165) is 23.0 Å². The van der Waals surface area contributed by atoms with Gasteiger partial charge in [0.15, 0.2) is 0 Å². The molecule has 18 heavy (non-hydrogen) atoms. The van der Waals surface area contributed by atoms with E-state index >= 15 is 0 Å². The Balaban J connectivity index is 1.95. The van der Waals surface area contributed by atoms with Crippen LogP contribution in [0.15, 0.2) is 23.6 Å². The van der Waals surface area contributed by atoms with Crippen molar-refractivity contribution in [1.29, 1.82) is 0 Å². The third kappa shape index (κ3) is 3.31. The Bertz CT molecular complexity index is 522. The van der Waals surface area contributed by atoms with Crippen molar-refractivity contribution in [2.45, 2.75) is 27.0 Å². The minimum Gasteiger partial charge on any atom is -0.486 e. The average molecular weight is 262 g/mol. The summed E-state index contributed by atoms with van der Waals surface area (Å²) in [7, 11) is 1.92. The normalized spacial score (nSPS) is 10.6. The fourth-order valence-electron chi connectivity index (χ4n) is 1.63. The molecule has 0 saturated carbocycles. The quantitative estimate of drug-likeness (QED) is 0.899. The SMILES string of the molecule is CNCc1csc(COc2ccc(C)c(C)c2)n1. The molecule has 0 aliphatic carbocycles. The van der Waals surface area contributed by atoms with Crippen molar-refractivity contribution in [2.24, 2.45) is 0 Å². The second-order valence-corrected chi connectivity index (χ2v) is 5.24. The second-order valence-electron chi connectivity index (χ2n) is 4.30. The number of thiazole rings is 1. The highest BCUT2D eigenvalue weighted by Gasteiger charge is 2.03. The Morgan fingerprint density at radius 1 is 1.28 bits per heavy atom. The zero-order chi connectivity index (χ0) is 13.0. The largest absolute Gasteiger partial charge is 0.486 e. The summed E-state index contributed by atoms with van der Waals surface area (Å²) < 4.78 is 5.75. The van der Waals surface area contributed by atoms with Crippen molar-refractivity contribution in [3.63, 3.8) is 0 Å². The number of nitrogens with zero attached hydrogens (tertiary/aromatic N) is 1. The van der Waals surface area contributed by atoms with Gasteiger partial charge in [-0.15, -0.1) is 11.3 Å². The van der Waals surface area contributed by atoms with Gasteiger partial charge in [0, 0.05) is 11.9 Å². The van der Waals surface area contributed by atoms with Crippen molar-refractivity contribution in [3.8, 4) is 5.75 Å². The predicted octanol–water partition coefficient (Wildman–Crippen LogP) is 3.06. The van der Waals surface area contributed by atoms with E-state index in [0.29, 0.717) is 6.61 Å². The van der Waals surface area contributed by atoms with E-state index in [4.69, 9.17) is 4.74 Å². The van der Waals surface area contributed by atoms with Gasteiger partial charge in [-0.3, -0.25) is 0 Å². The molecule has 0 radical (unpaired) electrons. The molecule has 4 heteroatoms. The topological polar surface area (TPSA) is 34.1 Å². The first-order chi connectivity index (χ1) is 8.69. The predicted molar refractivity (Wildman–Crippen MR) is 75.1 cm³/mol. The molecule has 0 fully saturated rings. The van der Waals surface area contributed by atoms with E-state index in [1.165, 1.54) is 11.1 Å². The number of hydrogen-bond donors (Lipinski definition) is 1. The van der Waals surface area contributed by atoms with Crippen LogP contribution in [0, 0.1) is 13.8 Å². The summed E-state index contributed by atoms with van der Waals surface area (Å²) in [4.78, 5) is 4.49. The maximum atomic E-state index is 5.75. The number of benzene rings is 1. The Hall–Kier alpha value is -1.39. The lowest BCUT2D eigenvalue weighted by Gasteiger charge is -2.06. The Morgan fingerprint density at radius 3 is 2.83 bits per heavy atom. The monoisotopic (exact) mass is 262 g/mol. The van der Waals surface area contributed by atoms with Crippen LogP contribution in [0.25, 0.3) is 0 Å². The highest BCUT2D eigenvalue weighted by Crippen LogP contribution is 2.18. The van der Waals surface area contributed by atoms with Gasteiger partial charge < -0.3 is 10.1 Å². The molecule has 1 aromatic heterocycles. The molecule has 1 aromatic carbocycles. The summed E-state index contributed by atoms with van der Waals surface area (Å²) in [5.74, 6) is 0.906. The van der Waals surface area contributed by atoms with Crippen LogP contribution < -0.4 is 10.1 Å². The third-order valence-electron chi connectivity index (χ3n) is 2.80. The van der Waals surface area contributed by atoms with Crippen molar-refractivity contribution in [1.82, 2.24) is 10.3 Å². The average Bonchev–Trinajstić information content (AvgIpc) is 2.79. The lowest BCUT2D eigenvalue weighted by molar-refractivity contribution is 0.305. The first-order valence-corrected chi connectivity index (χ1v) is 6.85. The molecular formula is C14H18N2OS. The fourth-order valence-corrected chi connectivity index (χ4v) is 2.33. The van der Waals surface area contributed by atoms with Crippen LogP contribution in [0.5, 0.6) is 5.75 Å².